The van der Waals surface area contributed by atoms with Crippen LogP contribution in [0.15, 0.2) is 24.3 Å². The quantitative estimate of drug-likeness (QED) is 0.364. The normalized spacial score (nSPS) is 23.6. The van der Waals surface area contributed by atoms with E-state index in [1.54, 1.807) is 19.9 Å². The number of nitrogens with one attached hydrogen (secondary N) is 1. The Bertz CT molecular complexity index is 1100. The average molecular weight is 467 g/mol. The Morgan fingerprint density at radius 2 is 2.06 bits per heavy atom. The molecule has 0 radical (unpaired) electrons. The number of β-lactam (4-membered cyclic amide) rings is 1. The maximum Gasteiger partial charge on any atom is 0.328 e. The van der Waals surface area contributed by atoms with E-state index in [0.717, 1.165) is 0 Å². The molecule has 3 heterocycles. The zero-order valence-electron chi connectivity index (χ0n) is 16.1. The summed E-state index contributed by atoms with van der Waals surface area (Å²) in [5, 5.41) is 22.8. The van der Waals surface area contributed by atoms with Crippen LogP contribution in [-0.2, 0) is 9.59 Å². The summed E-state index contributed by atoms with van der Waals surface area (Å²) in [4.78, 5) is 47.8. The molecule has 12 nitrogen and oxygen atoms in total. The van der Waals surface area contributed by atoms with E-state index < -0.39 is 39.0 Å². The van der Waals surface area contributed by atoms with E-state index in [9.17, 15) is 24.8 Å². The number of hydrogen-bond acceptors (Lipinski definition) is 10. The molecule has 2 aromatic rings. The van der Waals surface area contributed by atoms with Crippen LogP contribution in [-0.4, -0.2) is 64.0 Å². The molecule has 14 heteroatoms. The maximum atomic E-state index is 12.6. The second kappa shape index (κ2) is 7.50. The number of carbonyl (C=O) groups excluding carboxylic acids is 1. The number of anilines is 1. The first-order valence-electron chi connectivity index (χ1n) is 8.90. The molecule has 2 saturated heterocycles. The molecule has 0 saturated carbocycles. The highest BCUT2D eigenvalue weighted by molar-refractivity contribution is 8.01. The standard InChI is InChI=1S/C17H15ClN6O6S/c1-17(2)10(13(26)27)23-11(25)9(12(23)31-17)19-15-20-14(18)21-16(22-15)30-8-6-4-3-5-7(8)24(28)29/h3-6,9-10,12H,1-2H3,(H,26,27)(H,19,20,21,22). The Morgan fingerprint density at radius 3 is 2.74 bits per heavy atom. The van der Waals surface area contributed by atoms with Crippen molar-refractivity contribution >= 4 is 46.9 Å². The number of carbonyl (C=O) groups is 2. The van der Waals surface area contributed by atoms with Crippen molar-refractivity contribution in [2.75, 3.05) is 5.32 Å². The van der Waals surface area contributed by atoms with Crippen LogP contribution in [0, 0.1) is 10.1 Å². The van der Waals surface area contributed by atoms with Gasteiger partial charge in [-0.2, -0.15) is 15.0 Å². The minimum atomic E-state index is -1.07. The van der Waals surface area contributed by atoms with E-state index in [-0.39, 0.29) is 28.7 Å². The van der Waals surface area contributed by atoms with E-state index in [1.807, 2.05) is 0 Å². The number of nitrogens with zero attached hydrogens (tertiary/aromatic N) is 5. The van der Waals surface area contributed by atoms with Crippen LogP contribution in [0.5, 0.6) is 11.8 Å². The van der Waals surface area contributed by atoms with Gasteiger partial charge in [0.15, 0.2) is 0 Å². The number of nitro groups is 1. The number of rotatable bonds is 6. The molecular formula is C17H15ClN6O6S. The third kappa shape index (κ3) is 3.70. The molecule has 1 amide bonds. The van der Waals surface area contributed by atoms with Crippen LogP contribution in [0.25, 0.3) is 0 Å². The van der Waals surface area contributed by atoms with E-state index >= 15 is 0 Å². The first kappa shape index (κ1) is 21.1. The van der Waals surface area contributed by atoms with E-state index in [0.29, 0.717) is 0 Å². The fourth-order valence-electron chi connectivity index (χ4n) is 3.52. The topological polar surface area (TPSA) is 161 Å². The molecule has 162 valence electrons. The molecule has 2 aliphatic heterocycles. The third-order valence-corrected chi connectivity index (χ3v) is 6.55. The number of carboxylic acids is 1. The van der Waals surface area contributed by atoms with Gasteiger partial charge in [0.1, 0.15) is 17.5 Å². The molecule has 0 spiro atoms. The zero-order valence-corrected chi connectivity index (χ0v) is 17.6. The van der Waals surface area contributed by atoms with E-state index in [1.165, 1.54) is 34.9 Å². The highest BCUT2D eigenvalue weighted by Gasteiger charge is 2.64. The van der Waals surface area contributed by atoms with Crippen LogP contribution in [0.1, 0.15) is 13.8 Å². The Balaban J connectivity index is 1.55. The minimum Gasteiger partial charge on any atom is -0.480 e. The summed E-state index contributed by atoms with van der Waals surface area (Å²) in [6.45, 7) is 3.52. The van der Waals surface area contributed by atoms with Gasteiger partial charge in [0.25, 0.3) is 0 Å². The van der Waals surface area contributed by atoms with Crippen molar-refractivity contribution in [3.8, 4) is 11.8 Å². The van der Waals surface area contributed by atoms with Crippen LogP contribution in [0.2, 0.25) is 5.28 Å². The monoisotopic (exact) mass is 466 g/mol. The SMILES string of the molecule is CC1(C)SC2C(Nc3nc(Cl)nc(Oc4ccccc4[N+](=O)[O-])n3)C(=O)N2C1C(=O)O. The van der Waals surface area contributed by atoms with Gasteiger partial charge in [-0.3, -0.25) is 14.9 Å². The number of carboxylic acid groups (broad SMARTS) is 1. The summed E-state index contributed by atoms with van der Waals surface area (Å²) < 4.78 is 4.73. The molecule has 4 rings (SSSR count). The predicted octanol–water partition coefficient (Wildman–Crippen LogP) is 2.15. The zero-order chi connectivity index (χ0) is 22.5. The molecule has 2 aliphatic rings. The van der Waals surface area contributed by atoms with Crippen molar-refractivity contribution in [2.24, 2.45) is 0 Å². The lowest BCUT2D eigenvalue weighted by Crippen LogP contribution is -2.68. The molecule has 2 fully saturated rings. The maximum absolute atomic E-state index is 12.6. The van der Waals surface area contributed by atoms with Crippen LogP contribution >= 0.6 is 23.4 Å². The number of thioether (sulfide) groups is 1. The Labute approximate surface area is 184 Å². The molecule has 3 atom stereocenters. The number of ether oxygens (including phenoxy) is 1. The summed E-state index contributed by atoms with van der Waals surface area (Å²) in [5.74, 6) is -1.66. The highest BCUT2D eigenvalue weighted by Crippen LogP contribution is 2.51. The number of hydrogen-bond donors (Lipinski definition) is 2. The largest absolute Gasteiger partial charge is 0.480 e. The van der Waals surface area contributed by atoms with Gasteiger partial charge in [0.2, 0.25) is 22.9 Å². The number of aromatic nitrogens is 3. The van der Waals surface area contributed by atoms with Gasteiger partial charge < -0.3 is 20.1 Å². The lowest BCUT2D eigenvalue weighted by atomic mass is 9.96. The fourth-order valence-corrected chi connectivity index (χ4v) is 5.30. The lowest BCUT2D eigenvalue weighted by molar-refractivity contribution is -0.385. The smallest absolute Gasteiger partial charge is 0.328 e. The number of nitro benzene ring substituents is 1. The highest BCUT2D eigenvalue weighted by atomic mass is 35.5. The van der Waals surface area contributed by atoms with E-state index in [4.69, 9.17) is 16.3 Å². The molecular weight excluding hydrogens is 452 g/mol. The number of benzene rings is 1. The lowest BCUT2D eigenvalue weighted by Gasteiger charge is -2.43. The van der Waals surface area contributed by atoms with Gasteiger partial charge in [0, 0.05) is 10.8 Å². The Hall–Kier alpha value is -3.19. The van der Waals surface area contributed by atoms with Gasteiger partial charge >= 0.3 is 17.7 Å². The molecule has 1 aromatic heterocycles. The molecule has 31 heavy (non-hydrogen) atoms. The minimum absolute atomic E-state index is 0.0798. The summed E-state index contributed by atoms with van der Waals surface area (Å²) in [6.07, 6.45) is 0. The summed E-state index contributed by atoms with van der Waals surface area (Å²) in [5.41, 5.74) is -0.289. The number of fused-ring (bicyclic) bond motifs is 1. The Kier molecular flexibility index (Phi) is 5.09. The van der Waals surface area contributed by atoms with E-state index in [2.05, 4.69) is 20.3 Å². The van der Waals surface area contributed by atoms with Crippen molar-refractivity contribution in [2.45, 2.75) is 36.1 Å². The van der Waals surface area contributed by atoms with Gasteiger partial charge in [0.05, 0.1) is 4.92 Å². The van der Waals surface area contributed by atoms with Gasteiger partial charge in [-0.25, -0.2) is 4.79 Å². The first-order valence-corrected chi connectivity index (χ1v) is 10.2. The molecule has 2 N–H and O–H groups in total. The summed E-state index contributed by atoms with van der Waals surface area (Å²) >= 11 is 7.28. The van der Waals surface area contributed by atoms with Crippen LogP contribution < -0.4 is 10.1 Å². The predicted molar refractivity (Wildman–Crippen MR) is 109 cm³/mol. The number of aliphatic carboxylic acids is 1. The van der Waals surface area contributed by atoms with Crippen molar-refractivity contribution < 1.29 is 24.4 Å². The van der Waals surface area contributed by atoms with Gasteiger partial charge in [-0.15, -0.1) is 11.8 Å². The molecule has 1 aromatic carbocycles. The average Bonchev–Trinajstić information content (AvgIpc) is 2.94. The number of amides is 1. The third-order valence-electron chi connectivity index (χ3n) is 4.81. The Morgan fingerprint density at radius 1 is 1.35 bits per heavy atom. The molecule has 0 bridgehead atoms. The fraction of sp³-hybridized carbons (Fsp3) is 0.353. The first-order chi connectivity index (χ1) is 14.6. The second-order valence-corrected chi connectivity index (χ2v) is 9.37. The number of para-hydroxylation sites is 2. The van der Waals surface area contributed by atoms with Crippen molar-refractivity contribution in [1.82, 2.24) is 19.9 Å². The summed E-state index contributed by atoms with van der Waals surface area (Å²) in [6, 6.07) is 3.64. The van der Waals surface area contributed by atoms with Crippen LogP contribution in [0.3, 0.4) is 0 Å². The molecule has 0 aliphatic carbocycles. The summed E-state index contributed by atoms with van der Waals surface area (Å²) in [7, 11) is 0. The number of halogens is 1. The van der Waals surface area contributed by atoms with Gasteiger partial charge in [-0.1, -0.05) is 12.1 Å². The van der Waals surface area contributed by atoms with Gasteiger partial charge in [-0.05, 0) is 31.5 Å². The van der Waals surface area contributed by atoms with Crippen molar-refractivity contribution in [3.05, 3.63) is 39.7 Å². The van der Waals surface area contributed by atoms with Crippen LogP contribution in [0.4, 0.5) is 11.6 Å². The van der Waals surface area contributed by atoms with Crippen molar-refractivity contribution in [3.63, 3.8) is 0 Å². The second-order valence-electron chi connectivity index (χ2n) is 7.26. The van der Waals surface area contributed by atoms with Crippen molar-refractivity contribution in [1.29, 1.82) is 0 Å². The molecule has 3 unspecified atom stereocenters.